The molecular weight excluding hydrogens is 306 g/mol. The Kier molecular flexibility index (Phi) is 6.58. The van der Waals surface area contributed by atoms with E-state index in [2.05, 4.69) is 10.1 Å². The third-order valence-electron chi connectivity index (χ3n) is 3.65. The van der Waals surface area contributed by atoms with E-state index < -0.39 is 6.61 Å². The summed E-state index contributed by atoms with van der Waals surface area (Å²) in [4.78, 5) is 13.7. The summed E-state index contributed by atoms with van der Waals surface area (Å²) in [5, 5.41) is 2.95. The van der Waals surface area contributed by atoms with Gasteiger partial charge in [0.2, 0.25) is 5.91 Å². The zero-order valence-corrected chi connectivity index (χ0v) is 13.1. The van der Waals surface area contributed by atoms with Gasteiger partial charge in [0.15, 0.2) is 0 Å². The number of ether oxygens (including phenoxy) is 2. The van der Waals surface area contributed by atoms with Gasteiger partial charge in [0, 0.05) is 32.2 Å². The molecule has 2 rings (SSSR count). The number of carbonyl (C=O) groups is 1. The van der Waals surface area contributed by atoms with Crippen LogP contribution in [0.1, 0.15) is 19.8 Å². The van der Waals surface area contributed by atoms with Crippen LogP contribution in [0.25, 0.3) is 0 Å². The summed E-state index contributed by atoms with van der Waals surface area (Å²) < 4.78 is 34.7. The predicted molar refractivity (Wildman–Crippen MR) is 82.9 cm³/mol. The Bertz CT molecular complexity index is 514. The molecule has 1 aliphatic heterocycles. The molecule has 0 spiro atoms. The maximum atomic E-state index is 12.5. The number of halogens is 2. The lowest BCUT2D eigenvalue weighted by molar-refractivity contribution is -0.122. The van der Waals surface area contributed by atoms with Crippen molar-refractivity contribution in [3.8, 4) is 5.75 Å². The van der Waals surface area contributed by atoms with Gasteiger partial charge in [-0.05, 0) is 25.5 Å². The number of nitrogens with zero attached hydrogens (tertiary/aromatic N) is 1. The van der Waals surface area contributed by atoms with Crippen LogP contribution in [0.3, 0.4) is 0 Å². The molecule has 1 aromatic carbocycles. The molecule has 23 heavy (non-hydrogen) atoms. The van der Waals surface area contributed by atoms with Gasteiger partial charge in [-0.25, -0.2) is 0 Å². The van der Waals surface area contributed by atoms with Gasteiger partial charge in [-0.2, -0.15) is 8.78 Å². The summed E-state index contributed by atoms with van der Waals surface area (Å²) in [6, 6.07) is 6.71. The second-order valence-electron chi connectivity index (χ2n) is 5.29. The average molecular weight is 328 g/mol. The van der Waals surface area contributed by atoms with Gasteiger partial charge in [-0.1, -0.05) is 12.1 Å². The van der Waals surface area contributed by atoms with Gasteiger partial charge in [0.05, 0.1) is 12.3 Å². The van der Waals surface area contributed by atoms with Crippen molar-refractivity contribution in [1.82, 2.24) is 5.32 Å². The first-order chi connectivity index (χ1) is 11.1. The van der Waals surface area contributed by atoms with Crippen molar-refractivity contribution in [1.29, 1.82) is 0 Å². The van der Waals surface area contributed by atoms with E-state index in [1.807, 2.05) is 11.8 Å². The first-order valence-corrected chi connectivity index (χ1v) is 7.76. The first-order valence-electron chi connectivity index (χ1n) is 7.76. The molecule has 5 nitrogen and oxygen atoms in total. The van der Waals surface area contributed by atoms with Gasteiger partial charge in [-0.3, -0.25) is 4.79 Å². The van der Waals surface area contributed by atoms with E-state index in [-0.39, 0.29) is 17.7 Å². The third kappa shape index (κ3) is 5.35. The topological polar surface area (TPSA) is 50.8 Å². The molecular formula is C16H22F2N2O3. The van der Waals surface area contributed by atoms with E-state index in [0.29, 0.717) is 38.4 Å². The molecule has 1 saturated heterocycles. The standard InChI is InChI=1S/C16H22F2N2O3/c1-2-22-10-8-15(21)19-12-7-9-20(11-12)13-5-3-4-6-14(13)23-16(17)18/h3-6,12,16H,2,7-11H2,1H3,(H,19,21). The molecule has 1 aromatic rings. The molecule has 1 atom stereocenters. The van der Waals surface area contributed by atoms with E-state index in [1.54, 1.807) is 18.2 Å². The SMILES string of the molecule is CCOCCC(=O)NC1CCN(c2ccccc2OC(F)F)C1. The lowest BCUT2D eigenvalue weighted by atomic mass is 10.2. The molecule has 7 heteroatoms. The highest BCUT2D eigenvalue weighted by Crippen LogP contribution is 2.31. The van der Waals surface area contributed by atoms with Crippen LogP contribution in [0.2, 0.25) is 0 Å². The first kappa shape index (κ1) is 17.5. The molecule has 0 bridgehead atoms. The van der Waals surface area contributed by atoms with Gasteiger partial charge >= 0.3 is 6.61 Å². The van der Waals surface area contributed by atoms with Crippen LogP contribution in [0.15, 0.2) is 24.3 Å². The fourth-order valence-corrected chi connectivity index (χ4v) is 2.62. The minimum absolute atomic E-state index is 0.00346. The molecule has 1 unspecified atom stereocenters. The summed E-state index contributed by atoms with van der Waals surface area (Å²) in [5.74, 6) is 0.105. The molecule has 1 heterocycles. The Morgan fingerprint density at radius 2 is 2.22 bits per heavy atom. The van der Waals surface area contributed by atoms with E-state index in [9.17, 15) is 13.6 Å². The second kappa shape index (κ2) is 8.67. The molecule has 0 aromatic heterocycles. The Morgan fingerprint density at radius 3 is 2.96 bits per heavy atom. The normalized spacial score (nSPS) is 17.6. The van der Waals surface area contributed by atoms with Crippen molar-refractivity contribution in [2.75, 3.05) is 31.2 Å². The lowest BCUT2D eigenvalue weighted by Gasteiger charge is -2.22. The van der Waals surface area contributed by atoms with Gasteiger partial charge in [-0.15, -0.1) is 0 Å². The number of alkyl halides is 2. The minimum Gasteiger partial charge on any atom is -0.433 e. The number of amides is 1. The van der Waals surface area contributed by atoms with Crippen molar-refractivity contribution in [2.45, 2.75) is 32.4 Å². The maximum Gasteiger partial charge on any atom is 0.387 e. The quantitative estimate of drug-likeness (QED) is 0.745. The Labute approximate surface area is 134 Å². The highest BCUT2D eigenvalue weighted by atomic mass is 19.3. The van der Waals surface area contributed by atoms with Gasteiger partial charge in [0.25, 0.3) is 0 Å². The van der Waals surface area contributed by atoms with E-state index >= 15 is 0 Å². The molecule has 0 aliphatic carbocycles. The molecule has 0 saturated carbocycles. The van der Waals surface area contributed by atoms with Crippen LogP contribution >= 0.6 is 0 Å². The van der Waals surface area contributed by atoms with Crippen LogP contribution in [0.5, 0.6) is 5.75 Å². The van der Waals surface area contributed by atoms with Gasteiger partial charge in [0.1, 0.15) is 5.75 Å². The van der Waals surface area contributed by atoms with Crippen LogP contribution < -0.4 is 15.0 Å². The number of benzene rings is 1. The molecule has 1 fully saturated rings. The smallest absolute Gasteiger partial charge is 0.387 e. The fourth-order valence-electron chi connectivity index (χ4n) is 2.62. The molecule has 1 aliphatic rings. The number of nitrogens with one attached hydrogen (secondary N) is 1. The predicted octanol–water partition coefficient (Wildman–Crippen LogP) is 2.41. The highest BCUT2D eigenvalue weighted by molar-refractivity contribution is 5.76. The lowest BCUT2D eigenvalue weighted by Crippen LogP contribution is -2.37. The average Bonchev–Trinajstić information content (AvgIpc) is 2.95. The van der Waals surface area contributed by atoms with E-state index in [1.165, 1.54) is 6.07 Å². The largest absolute Gasteiger partial charge is 0.433 e. The monoisotopic (exact) mass is 328 g/mol. The van der Waals surface area contributed by atoms with Crippen LogP contribution in [0.4, 0.5) is 14.5 Å². The zero-order chi connectivity index (χ0) is 16.7. The summed E-state index contributed by atoms with van der Waals surface area (Å²) in [5.41, 5.74) is 0.624. The molecule has 1 N–H and O–H groups in total. The highest BCUT2D eigenvalue weighted by Gasteiger charge is 2.26. The zero-order valence-electron chi connectivity index (χ0n) is 13.1. The second-order valence-corrected chi connectivity index (χ2v) is 5.29. The molecule has 128 valence electrons. The number of carbonyl (C=O) groups excluding carboxylic acids is 1. The Hall–Kier alpha value is -1.89. The summed E-state index contributed by atoms with van der Waals surface area (Å²) in [6.45, 7) is 1.28. The van der Waals surface area contributed by atoms with E-state index in [0.717, 1.165) is 6.42 Å². The number of rotatable bonds is 8. The summed E-state index contributed by atoms with van der Waals surface area (Å²) in [6.07, 6.45) is 1.10. The van der Waals surface area contributed by atoms with Crippen LogP contribution in [-0.4, -0.2) is 44.9 Å². The fraction of sp³-hybridized carbons (Fsp3) is 0.562. The molecule has 1 amide bonds. The van der Waals surface area contributed by atoms with Gasteiger partial charge < -0.3 is 19.7 Å². The van der Waals surface area contributed by atoms with Crippen molar-refractivity contribution >= 4 is 11.6 Å². The van der Waals surface area contributed by atoms with Crippen LogP contribution in [0, 0.1) is 0 Å². The van der Waals surface area contributed by atoms with Crippen molar-refractivity contribution in [3.63, 3.8) is 0 Å². The number of hydrogen-bond donors (Lipinski definition) is 1. The minimum atomic E-state index is -2.85. The molecule has 0 radical (unpaired) electrons. The Morgan fingerprint density at radius 1 is 1.43 bits per heavy atom. The number of hydrogen-bond acceptors (Lipinski definition) is 4. The maximum absolute atomic E-state index is 12.5. The third-order valence-corrected chi connectivity index (χ3v) is 3.65. The summed E-state index contributed by atoms with van der Waals surface area (Å²) in [7, 11) is 0. The van der Waals surface area contributed by atoms with E-state index in [4.69, 9.17) is 4.74 Å². The van der Waals surface area contributed by atoms with Crippen LogP contribution in [-0.2, 0) is 9.53 Å². The Balaban J connectivity index is 1.89. The van der Waals surface area contributed by atoms with Crippen molar-refractivity contribution in [2.24, 2.45) is 0 Å². The van der Waals surface area contributed by atoms with Crippen molar-refractivity contribution in [3.05, 3.63) is 24.3 Å². The van der Waals surface area contributed by atoms with Crippen molar-refractivity contribution < 1.29 is 23.0 Å². The number of anilines is 1. The number of para-hydroxylation sites is 2. The summed E-state index contributed by atoms with van der Waals surface area (Å²) >= 11 is 0.